The number of carbonyl (C=O) groups is 3. The topological polar surface area (TPSA) is 99.9 Å². The van der Waals surface area contributed by atoms with Crippen molar-refractivity contribution < 1.29 is 18.8 Å². The minimum absolute atomic E-state index is 0.111. The molecule has 2 aliphatic heterocycles. The van der Waals surface area contributed by atoms with Gasteiger partial charge in [0.1, 0.15) is 5.58 Å². The lowest BCUT2D eigenvalue weighted by Crippen LogP contribution is -2.44. The van der Waals surface area contributed by atoms with Crippen molar-refractivity contribution in [2.45, 2.75) is 64.3 Å². The Morgan fingerprint density at radius 1 is 1.00 bits per heavy atom. The van der Waals surface area contributed by atoms with E-state index in [1.165, 1.54) is 17.2 Å². The molecular weight excluding hydrogens is 506 g/mol. The number of likely N-dealkylation sites (tertiary alicyclic amines) is 2. The molecule has 40 heavy (non-hydrogen) atoms. The van der Waals surface area contributed by atoms with Crippen molar-refractivity contribution in [2.24, 2.45) is 0 Å². The van der Waals surface area contributed by atoms with Gasteiger partial charge in [-0.15, -0.1) is 0 Å². The third-order valence-electron chi connectivity index (χ3n) is 8.09. The molecule has 0 unspecified atom stereocenters. The maximum atomic E-state index is 12.9. The molecule has 5 rings (SSSR count). The van der Waals surface area contributed by atoms with Gasteiger partial charge in [-0.1, -0.05) is 51.1 Å². The third-order valence-corrected chi connectivity index (χ3v) is 8.09. The fraction of sp³-hybridized carbons (Fsp3) is 0.438. The van der Waals surface area contributed by atoms with Crippen LogP contribution in [-0.4, -0.2) is 53.7 Å². The van der Waals surface area contributed by atoms with Crippen LogP contribution in [0.3, 0.4) is 0 Å². The summed E-state index contributed by atoms with van der Waals surface area (Å²) in [5.41, 5.74) is 3.37. The molecule has 0 aliphatic carbocycles. The molecule has 8 heteroatoms. The van der Waals surface area contributed by atoms with E-state index in [0.29, 0.717) is 42.9 Å². The molecule has 2 fully saturated rings. The number of hydrogen-bond donors (Lipinski definition) is 1. The summed E-state index contributed by atoms with van der Waals surface area (Å²) in [7, 11) is 0. The largest absolute Gasteiger partial charge is 0.451 e. The number of nitrogens with one attached hydrogen (secondary N) is 1. The average molecular weight is 544 g/mol. The molecular formula is C32H37N3O5. The van der Waals surface area contributed by atoms with Gasteiger partial charge in [-0.05, 0) is 59.4 Å². The highest BCUT2D eigenvalue weighted by molar-refractivity contribution is 5.95. The minimum atomic E-state index is -0.590. The van der Waals surface area contributed by atoms with E-state index >= 15 is 0 Å². The zero-order valence-corrected chi connectivity index (χ0v) is 23.5. The van der Waals surface area contributed by atoms with Crippen molar-refractivity contribution in [3.8, 4) is 0 Å². The van der Waals surface area contributed by atoms with Gasteiger partial charge in [-0.25, -0.2) is 0 Å². The Labute approximate surface area is 234 Å². The van der Waals surface area contributed by atoms with E-state index in [0.717, 1.165) is 31.4 Å². The monoisotopic (exact) mass is 543 g/mol. The van der Waals surface area contributed by atoms with E-state index in [-0.39, 0.29) is 35.0 Å². The van der Waals surface area contributed by atoms with Crippen LogP contribution in [0.2, 0.25) is 0 Å². The van der Waals surface area contributed by atoms with Crippen molar-refractivity contribution in [1.29, 1.82) is 0 Å². The van der Waals surface area contributed by atoms with Crippen molar-refractivity contribution in [3.63, 3.8) is 0 Å². The first-order valence-electron chi connectivity index (χ1n) is 14.1. The van der Waals surface area contributed by atoms with Gasteiger partial charge in [0.25, 0.3) is 5.91 Å². The first kappa shape index (κ1) is 27.6. The molecule has 3 aromatic rings. The number of carbonyl (C=O) groups excluding carboxylic acids is 3. The molecule has 0 bridgehead atoms. The summed E-state index contributed by atoms with van der Waals surface area (Å²) >= 11 is 0. The maximum Gasteiger partial charge on any atom is 0.287 e. The number of piperidine rings is 1. The summed E-state index contributed by atoms with van der Waals surface area (Å²) in [6, 6.07) is 14.9. The molecule has 2 aromatic carbocycles. The Hall–Kier alpha value is -3.94. The highest BCUT2D eigenvalue weighted by atomic mass is 16.3. The molecule has 8 nitrogen and oxygen atoms in total. The zero-order chi connectivity index (χ0) is 28.4. The second-order valence-electron chi connectivity index (χ2n) is 11.9. The fourth-order valence-corrected chi connectivity index (χ4v) is 5.68. The van der Waals surface area contributed by atoms with Crippen LogP contribution in [-0.2, 0) is 21.5 Å². The number of rotatable bonds is 6. The quantitative estimate of drug-likeness (QED) is 0.498. The van der Waals surface area contributed by atoms with Gasteiger partial charge < -0.3 is 19.5 Å². The van der Waals surface area contributed by atoms with Crippen molar-refractivity contribution in [2.75, 3.05) is 26.2 Å². The van der Waals surface area contributed by atoms with Crippen LogP contribution in [0, 0.1) is 0 Å². The van der Waals surface area contributed by atoms with E-state index in [1.54, 1.807) is 17.0 Å². The molecule has 0 saturated carbocycles. The molecule has 1 N–H and O–H groups in total. The van der Waals surface area contributed by atoms with Gasteiger partial charge >= 0.3 is 0 Å². The smallest absolute Gasteiger partial charge is 0.287 e. The van der Waals surface area contributed by atoms with Crippen molar-refractivity contribution >= 4 is 28.7 Å². The molecule has 0 atom stereocenters. The van der Waals surface area contributed by atoms with Gasteiger partial charge in [-0.3, -0.25) is 19.2 Å². The zero-order valence-electron chi connectivity index (χ0n) is 23.5. The number of fused-ring (bicyclic) bond motifs is 1. The summed E-state index contributed by atoms with van der Waals surface area (Å²) in [6.45, 7) is 8.67. The second-order valence-corrected chi connectivity index (χ2v) is 11.9. The molecule has 2 saturated heterocycles. The Kier molecular flexibility index (Phi) is 7.79. The van der Waals surface area contributed by atoms with Gasteiger partial charge in [0.2, 0.25) is 11.8 Å². The highest BCUT2D eigenvalue weighted by Gasteiger charge is 2.27. The Morgan fingerprint density at radius 2 is 1.75 bits per heavy atom. The summed E-state index contributed by atoms with van der Waals surface area (Å²) in [4.78, 5) is 54.2. The summed E-state index contributed by atoms with van der Waals surface area (Å²) < 4.78 is 5.72. The Balaban J connectivity index is 1.17. The van der Waals surface area contributed by atoms with E-state index in [9.17, 15) is 19.2 Å². The van der Waals surface area contributed by atoms with Crippen molar-refractivity contribution in [3.05, 3.63) is 81.2 Å². The van der Waals surface area contributed by atoms with Gasteiger partial charge in [0.15, 0.2) is 11.2 Å². The van der Waals surface area contributed by atoms with Gasteiger partial charge in [-0.2, -0.15) is 0 Å². The number of benzene rings is 2. The molecule has 3 heterocycles. The van der Waals surface area contributed by atoms with E-state index in [4.69, 9.17) is 4.42 Å². The first-order valence-corrected chi connectivity index (χ1v) is 14.1. The molecule has 2 aliphatic rings. The molecule has 1 aromatic heterocycles. The van der Waals surface area contributed by atoms with Crippen LogP contribution < -0.4 is 10.7 Å². The number of nitrogens with zero attached hydrogens (tertiary/aromatic N) is 2. The molecule has 3 amide bonds. The number of amides is 3. The summed E-state index contributed by atoms with van der Waals surface area (Å²) in [6.07, 6.45) is 3.19. The van der Waals surface area contributed by atoms with Gasteiger partial charge in [0, 0.05) is 38.7 Å². The van der Waals surface area contributed by atoms with E-state index < -0.39 is 5.91 Å². The predicted molar refractivity (Wildman–Crippen MR) is 153 cm³/mol. The highest BCUT2D eigenvalue weighted by Crippen LogP contribution is 2.32. The normalized spacial score (nSPS) is 16.5. The standard InChI is InChI=1S/C32H37N3O5/c1-32(2,3)23-10-11-27-25(17-23)26(36)18-28(40-27)31(39)33-19-30(38)34-15-12-21(13-16-34)24-8-5-4-7-22(24)20-35-14-6-9-29(35)37/h4-5,7-8,10-11,17-18,21H,6,9,12-16,19-20H2,1-3H3,(H,33,39). The Morgan fingerprint density at radius 3 is 2.45 bits per heavy atom. The first-order chi connectivity index (χ1) is 19.1. The number of hydrogen-bond acceptors (Lipinski definition) is 5. The van der Waals surface area contributed by atoms with Crippen LogP contribution >= 0.6 is 0 Å². The summed E-state index contributed by atoms with van der Waals surface area (Å²) in [5.74, 6) is -0.332. The van der Waals surface area contributed by atoms with Crippen molar-refractivity contribution in [1.82, 2.24) is 15.1 Å². The van der Waals surface area contributed by atoms with Crippen LogP contribution in [0.4, 0.5) is 0 Å². The summed E-state index contributed by atoms with van der Waals surface area (Å²) in [5, 5.41) is 3.05. The van der Waals surface area contributed by atoms with E-state index in [1.807, 2.05) is 23.1 Å². The van der Waals surface area contributed by atoms with Crippen LogP contribution in [0.25, 0.3) is 11.0 Å². The second kappa shape index (κ2) is 11.3. The predicted octanol–water partition coefficient (Wildman–Crippen LogP) is 4.35. The lowest BCUT2D eigenvalue weighted by atomic mass is 9.86. The molecule has 210 valence electrons. The molecule has 0 spiro atoms. The van der Waals surface area contributed by atoms with Crippen LogP contribution in [0.1, 0.15) is 79.6 Å². The maximum absolute atomic E-state index is 12.9. The van der Waals surface area contributed by atoms with Crippen LogP contribution in [0.5, 0.6) is 0 Å². The van der Waals surface area contributed by atoms with Crippen LogP contribution in [0.15, 0.2) is 57.7 Å². The lowest BCUT2D eigenvalue weighted by molar-refractivity contribution is -0.131. The Bertz CT molecular complexity index is 1490. The minimum Gasteiger partial charge on any atom is -0.451 e. The SMILES string of the molecule is CC(C)(C)c1ccc2oc(C(=O)NCC(=O)N3CCC(c4ccccc4CN4CCCC4=O)CC3)cc(=O)c2c1. The lowest BCUT2D eigenvalue weighted by Gasteiger charge is -2.33. The van der Waals surface area contributed by atoms with Gasteiger partial charge in [0.05, 0.1) is 11.9 Å². The fourth-order valence-electron chi connectivity index (χ4n) is 5.68. The third kappa shape index (κ3) is 5.96. The molecule has 0 radical (unpaired) electrons. The average Bonchev–Trinajstić information content (AvgIpc) is 3.35. The van der Waals surface area contributed by atoms with E-state index in [2.05, 4.69) is 38.2 Å².